The average Bonchev–Trinajstić information content (AvgIpc) is 3.53. The van der Waals surface area contributed by atoms with E-state index in [1.165, 1.54) is 4.90 Å². The Morgan fingerprint density at radius 3 is 1.98 bits per heavy atom. The van der Waals surface area contributed by atoms with Gasteiger partial charge in [-0.25, -0.2) is 0 Å². The van der Waals surface area contributed by atoms with Crippen molar-refractivity contribution in [2.45, 2.75) is 88.1 Å². The van der Waals surface area contributed by atoms with Gasteiger partial charge in [-0.05, 0) is 36.8 Å². The minimum Gasteiger partial charge on any atom is -0.393 e. The van der Waals surface area contributed by atoms with E-state index in [4.69, 9.17) is 5.11 Å². The number of hydrogen-bond acceptors (Lipinski definition) is 7. The van der Waals surface area contributed by atoms with E-state index in [1.54, 1.807) is 0 Å². The zero-order valence-corrected chi connectivity index (χ0v) is 24.8. The zero-order valence-electron chi connectivity index (χ0n) is 24.8. The first-order valence-corrected chi connectivity index (χ1v) is 15.4. The van der Waals surface area contributed by atoms with Gasteiger partial charge in [0.15, 0.2) is 5.78 Å². The number of fused-ring (bicyclic) bond motifs is 1. The second kappa shape index (κ2) is 16.1. The Hall–Kier alpha value is -4.09. The molecule has 236 valence electrons. The highest BCUT2D eigenvalue weighted by Gasteiger charge is 2.40. The zero-order chi connectivity index (χ0) is 31.5. The van der Waals surface area contributed by atoms with Crippen LogP contribution in [0.2, 0.25) is 0 Å². The fourth-order valence-corrected chi connectivity index (χ4v) is 5.79. The van der Waals surface area contributed by atoms with Crippen molar-refractivity contribution in [3.63, 3.8) is 0 Å². The molecule has 2 aliphatic rings. The van der Waals surface area contributed by atoms with Crippen LogP contribution in [0.4, 0.5) is 0 Å². The lowest BCUT2D eigenvalue weighted by atomic mass is 9.99. The summed E-state index contributed by atoms with van der Waals surface area (Å²) in [5.41, 5.74) is 1.68. The Labute approximate surface area is 257 Å². The van der Waals surface area contributed by atoms with Gasteiger partial charge in [0.25, 0.3) is 0 Å². The van der Waals surface area contributed by atoms with Crippen LogP contribution in [0.3, 0.4) is 0 Å². The molecule has 2 saturated heterocycles. The lowest BCUT2D eigenvalue weighted by Crippen LogP contribution is -2.61. The standard InChI is InChI=1S/C33H42N4O7/c38-21-29(40)28(39)17-9-3-8-15-24-30(41)35-25(19-22-11-4-1-5-12-22)31(42)36-26(20-23-13-6-2-7-14-23)33(44)37-18-10-16-27(37)32(43)34-24/h1-2,4-7,11-14,24-27,29,38,40H,3,8-10,15-21H2,(H,34,43)(H,35,41)(H,36,42)/t24-,25-,26-,27+,29+/m0/s1. The van der Waals surface area contributed by atoms with Crippen molar-refractivity contribution in [1.29, 1.82) is 0 Å². The van der Waals surface area contributed by atoms with Crippen LogP contribution in [-0.4, -0.2) is 87.9 Å². The molecule has 0 aliphatic carbocycles. The molecule has 5 atom stereocenters. The number of ketones is 1. The molecule has 2 aliphatic heterocycles. The molecule has 11 nitrogen and oxygen atoms in total. The number of rotatable bonds is 12. The van der Waals surface area contributed by atoms with E-state index in [2.05, 4.69) is 16.0 Å². The number of unbranched alkanes of at least 4 members (excludes halogenated alkanes) is 2. The van der Waals surface area contributed by atoms with Crippen LogP contribution in [0.15, 0.2) is 60.7 Å². The minimum absolute atomic E-state index is 0.0908. The summed E-state index contributed by atoms with van der Waals surface area (Å²) >= 11 is 0. The molecule has 4 amide bonds. The number of carbonyl (C=O) groups excluding carboxylic acids is 5. The number of carbonyl (C=O) groups is 5. The van der Waals surface area contributed by atoms with Gasteiger partial charge < -0.3 is 31.1 Å². The third-order valence-corrected chi connectivity index (χ3v) is 8.24. The molecule has 2 fully saturated rings. The van der Waals surface area contributed by atoms with E-state index < -0.39 is 60.4 Å². The molecule has 0 spiro atoms. The lowest BCUT2D eigenvalue weighted by Gasteiger charge is -2.32. The monoisotopic (exact) mass is 606 g/mol. The Kier molecular flexibility index (Phi) is 12.0. The fourth-order valence-electron chi connectivity index (χ4n) is 5.79. The van der Waals surface area contributed by atoms with Crippen molar-refractivity contribution in [2.75, 3.05) is 13.2 Å². The number of amides is 4. The summed E-state index contributed by atoms with van der Waals surface area (Å²) in [6.07, 6.45) is 1.93. The van der Waals surface area contributed by atoms with Crippen molar-refractivity contribution in [2.24, 2.45) is 0 Å². The lowest BCUT2D eigenvalue weighted by molar-refractivity contribution is -0.143. The molecule has 0 saturated carbocycles. The number of aliphatic hydroxyl groups is 2. The van der Waals surface area contributed by atoms with Gasteiger partial charge >= 0.3 is 0 Å². The molecule has 5 N–H and O–H groups in total. The quantitative estimate of drug-likeness (QED) is 0.223. The first-order valence-electron chi connectivity index (χ1n) is 15.4. The van der Waals surface area contributed by atoms with Crippen molar-refractivity contribution in [1.82, 2.24) is 20.9 Å². The Morgan fingerprint density at radius 1 is 0.773 bits per heavy atom. The average molecular weight is 607 g/mol. The van der Waals surface area contributed by atoms with Gasteiger partial charge in [-0.2, -0.15) is 0 Å². The topological polar surface area (TPSA) is 165 Å². The number of aliphatic hydroxyl groups excluding tert-OH is 2. The largest absolute Gasteiger partial charge is 0.393 e. The molecule has 0 bridgehead atoms. The van der Waals surface area contributed by atoms with Crippen molar-refractivity contribution < 1.29 is 34.2 Å². The molecule has 0 aromatic heterocycles. The maximum atomic E-state index is 13.9. The number of hydrogen-bond donors (Lipinski definition) is 5. The van der Waals surface area contributed by atoms with Gasteiger partial charge in [-0.15, -0.1) is 0 Å². The van der Waals surface area contributed by atoms with Crippen LogP contribution in [0.25, 0.3) is 0 Å². The van der Waals surface area contributed by atoms with Crippen LogP contribution in [-0.2, 0) is 36.8 Å². The summed E-state index contributed by atoms with van der Waals surface area (Å²) < 4.78 is 0. The van der Waals surface area contributed by atoms with Crippen LogP contribution in [0.5, 0.6) is 0 Å². The molecular formula is C33H42N4O7. The van der Waals surface area contributed by atoms with Crippen molar-refractivity contribution >= 4 is 29.4 Å². The summed E-state index contributed by atoms with van der Waals surface area (Å²) in [7, 11) is 0. The number of benzene rings is 2. The second-order valence-electron chi connectivity index (χ2n) is 11.5. The number of nitrogens with zero attached hydrogens (tertiary/aromatic N) is 1. The maximum Gasteiger partial charge on any atom is 0.246 e. The molecule has 0 unspecified atom stereocenters. The van der Waals surface area contributed by atoms with E-state index >= 15 is 0 Å². The first kappa shape index (κ1) is 32.8. The smallest absolute Gasteiger partial charge is 0.246 e. The Bertz CT molecular complexity index is 1290. The fraction of sp³-hybridized carbons (Fsp3) is 0.485. The number of Topliss-reactive ketones (excluding diaryl/α,β-unsaturated/α-hetero) is 1. The molecular weight excluding hydrogens is 564 g/mol. The first-order chi connectivity index (χ1) is 21.3. The molecule has 2 heterocycles. The molecule has 4 rings (SSSR count). The summed E-state index contributed by atoms with van der Waals surface area (Å²) in [5.74, 6) is -2.19. The predicted molar refractivity (Wildman–Crippen MR) is 162 cm³/mol. The van der Waals surface area contributed by atoms with Gasteiger partial charge in [0, 0.05) is 25.8 Å². The predicted octanol–water partition coefficient (Wildman–Crippen LogP) is 0.804. The third kappa shape index (κ3) is 8.96. The SMILES string of the molecule is O=C(CCCCC[C@@H]1NC(=O)[C@H]2CCCN2C(=O)[C@H](Cc2ccccc2)NC(=O)[C@H](Cc2ccccc2)NC1=O)[C@H](O)CO. The third-order valence-electron chi connectivity index (χ3n) is 8.24. The van der Waals surface area contributed by atoms with Crippen LogP contribution >= 0.6 is 0 Å². The van der Waals surface area contributed by atoms with E-state index in [0.29, 0.717) is 38.6 Å². The summed E-state index contributed by atoms with van der Waals surface area (Å²) in [6, 6.07) is 15.0. The van der Waals surface area contributed by atoms with E-state index in [1.807, 2.05) is 60.7 Å². The van der Waals surface area contributed by atoms with Gasteiger partial charge in [0.2, 0.25) is 23.6 Å². The van der Waals surface area contributed by atoms with Gasteiger partial charge in [-0.3, -0.25) is 24.0 Å². The van der Waals surface area contributed by atoms with E-state index in [-0.39, 0.29) is 31.6 Å². The van der Waals surface area contributed by atoms with Crippen LogP contribution < -0.4 is 16.0 Å². The molecule has 44 heavy (non-hydrogen) atoms. The van der Waals surface area contributed by atoms with Gasteiger partial charge in [-0.1, -0.05) is 73.5 Å². The highest BCUT2D eigenvalue weighted by molar-refractivity contribution is 5.98. The number of nitrogens with one attached hydrogen (secondary N) is 3. The highest BCUT2D eigenvalue weighted by atomic mass is 16.3. The van der Waals surface area contributed by atoms with Crippen LogP contribution in [0.1, 0.15) is 56.1 Å². The highest BCUT2D eigenvalue weighted by Crippen LogP contribution is 2.21. The van der Waals surface area contributed by atoms with Crippen molar-refractivity contribution in [3.05, 3.63) is 71.8 Å². The summed E-state index contributed by atoms with van der Waals surface area (Å²) in [6.45, 7) is -0.255. The summed E-state index contributed by atoms with van der Waals surface area (Å²) in [4.78, 5) is 68.2. The van der Waals surface area contributed by atoms with E-state index in [0.717, 1.165) is 11.1 Å². The molecule has 11 heteroatoms. The Balaban J connectivity index is 1.55. The normalized spacial score (nSPS) is 23.5. The van der Waals surface area contributed by atoms with E-state index in [9.17, 15) is 29.1 Å². The molecule has 0 radical (unpaired) electrons. The molecule has 2 aromatic carbocycles. The van der Waals surface area contributed by atoms with Crippen molar-refractivity contribution in [3.8, 4) is 0 Å². The van der Waals surface area contributed by atoms with Crippen LogP contribution in [0, 0.1) is 0 Å². The Morgan fingerprint density at radius 2 is 1.34 bits per heavy atom. The van der Waals surface area contributed by atoms with Gasteiger partial charge in [0.1, 0.15) is 30.3 Å². The summed E-state index contributed by atoms with van der Waals surface area (Å²) in [5, 5.41) is 27.0. The van der Waals surface area contributed by atoms with Gasteiger partial charge in [0.05, 0.1) is 6.61 Å². The maximum absolute atomic E-state index is 13.9. The minimum atomic E-state index is -1.40. The second-order valence-corrected chi connectivity index (χ2v) is 11.5. The molecule has 2 aromatic rings.